The van der Waals surface area contributed by atoms with Gasteiger partial charge < -0.3 is 9.13 Å². The minimum atomic E-state index is 0.706. The molecule has 5 nitrogen and oxygen atoms in total. The number of hydrogen-bond donors (Lipinski definition) is 0. The van der Waals surface area contributed by atoms with Crippen molar-refractivity contribution in [3.05, 3.63) is 175 Å². The second kappa shape index (κ2) is 10.8. The van der Waals surface area contributed by atoms with E-state index in [0.717, 1.165) is 56.4 Å². The lowest BCUT2D eigenvalue weighted by molar-refractivity contribution is 1.09. The van der Waals surface area contributed by atoms with Crippen LogP contribution in [-0.4, -0.2) is 24.1 Å². The van der Waals surface area contributed by atoms with E-state index in [1.807, 2.05) is 12.4 Å². The summed E-state index contributed by atoms with van der Waals surface area (Å²) in [7, 11) is 0. The van der Waals surface area contributed by atoms with E-state index >= 15 is 0 Å². The van der Waals surface area contributed by atoms with Gasteiger partial charge in [0.05, 0.1) is 45.3 Å². The molecule has 4 aromatic heterocycles. The molecule has 0 bridgehead atoms. The second-order valence-electron chi connectivity index (χ2n) is 13.3. The van der Waals surface area contributed by atoms with Crippen LogP contribution >= 0.6 is 0 Å². The summed E-state index contributed by atoms with van der Waals surface area (Å²) >= 11 is 0. The van der Waals surface area contributed by atoms with E-state index in [1.165, 1.54) is 43.6 Å². The van der Waals surface area contributed by atoms with E-state index in [2.05, 4.69) is 161 Å². The highest BCUT2D eigenvalue weighted by Gasteiger charge is 2.25. The van der Waals surface area contributed by atoms with Crippen molar-refractivity contribution in [2.24, 2.45) is 0 Å². The molecule has 1 aliphatic rings. The molecule has 0 aliphatic heterocycles. The lowest BCUT2D eigenvalue weighted by Gasteiger charge is -2.08. The zero-order valence-corrected chi connectivity index (χ0v) is 27.5. The summed E-state index contributed by atoms with van der Waals surface area (Å²) in [6.07, 6.45) is 4.59. The van der Waals surface area contributed by atoms with Gasteiger partial charge in [-0.15, -0.1) is 0 Å². The van der Waals surface area contributed by atoms with Gasteiger partial charge in [0.15, 0.2) is 0 Å². The molecule has 10 aromatic rings. The summed E-state index contributed by atoms with van der Waals surface area (Å²) in [6.45, 7) is 0. The van der Waals surface area contributed by atoms with E-state index in [0.29, 0.717) is 6.42 Å². The molecule has 0 saturated heterocycles. The number of hydrogen-bond acceptors (Lipinski definition) is 3. The lowest BCUT2D eigenvalue weighted by Crippen LogP contribution is -1.95. The molecule has 11 rings (SSSR count). The predicted octanol–water partition coefficient (Wildman–Crippen LogP) is 11.0. The first-order valence-corrected chi connectivity index (χ1v) is 17.3. The Morgan fingerprint density at radius 3 is 1.59 bits per heavy atom. The standard InChI is InChI=1S/C46H29N5/c1-3-11-33(12-4-1)50-41-17-9-7-15-35(41)37-24-29(19-21-43(37)50)32-23-31-26-39-46(45(31)47-27-32)48-28-40(49-39)30-20-22-44-38(25-30)36-16-8-10-18-42(36)51(44)34-13-5-2-6-14-34/h1-25,27-28H,26H2. The number of nitrogens with zero attached hydrogens (tertiary/aromatic N) is 5. The van der Waals surface area contributed by atoms with E-state index in [1.54, 1.807) is 0 Å². The van der Waals surface area contributed by atoms with Crippen molar-refractivity contribution in [3.63, 3.8) is 0 Å². The smallest absolute Gasteiger partial charge is 0.111 e. The Morgan fingerprint density at radius 2 is 0.941 bits per heavy atom. The molecule has 0 atom stereocenters. The van der Waals surface area contributed by atoms with Crippen LogP contribution < -0.4 is 0 Å². The Hall–Kier alpha value is -6.85. The molecule has 51 heavy (non-hydrogen) atoms. The van der Waals surface area contributed by atoms with Crippen LogP contribution in [0.1, 0.15) is 11.3 Å². The average Bonchev–Trinajstić information content (AvgIpc) is 3.85. The predicted molar refractivity (Wildman–Crippen MR) is 208 cm³/mol. The first-order valence-electron chi connectivity index (χ1n) is 17.3. The third-order valence-corrected chi connectivity index (χ3v) is 10.4. The number of para-hydroxylation sites is 4. The number of benzene rings is 6. The van der Waals surface area contributed by atoms with Crippen LogP contribution in [0.5, 0.6) is 0 Å². The normalized spacial score (nSPS) is 12.2. The van der Waals surface area contributed by atoms with Crippen LogP contribution in [0, 0.1) is 0 Å². The highest BCUT2D eigenvalue weighted by Crippen LogP contribution is 2.39. The van der Waals surface area contributed by atoms with Crippen molar-refractivity contribution in [2.45, 2.75) is 6.42 Å². The molecule has 238 valence electrons. The van der Waals surface area contributed by atoms with Crippen LogP contribution in [0.2, 0.25) is 0 Å². The summed E-state index contributed by atoms with van der Waals surface area (Å²) in [4.78, 5) is 15.1. The van der Waals surface area contributed by atoms with Crippen molar-refractivity contribution in [1.29, 1.82) is 0 Å². The van der Waals surface area contributed by atoms with Gasteiger partial charge in [-0.25, -0.2) is 4.98 Å². The average molecular weight is 652 g/mol. The topological polar surface area (TPSA) is 48.5 Å². The quantitative estimate of drug-likeness (QED) is 0.190. The Kier molecular flexibility index (Phi) is 5.95. The van der Waals surface area contributed by atoms with Gasteiger partial charge >= 0.3 is 0 Å². The summed E-state index contributed by atoms with van der Waals surface area (Å²) < 4.78 is 4.68. The molecular formula is C46H29N5. The Morgan fingerprint density at radius 1 is 0.412 bits per heavy atom. The summed E-state index contributed by atoms with van der Waals surface area (Å²) in [5, 5.41) is 4.89. The zero-order valence-electron chi connectivity index (χ0n) is 27.5. The van der Waals surface area contributed by atoms with Crippen LogP contribution in [0.25, 0.3) is 88.8 Å². The molecule has 0 N–H and O–H groups in total. The molecule has 0 unspecified atom stereocenters. The van der Waals surface area contributed by atoms with Gasteiger partial charge in [-0.05, 0) is 77.9 Å². The van der Waals surface area contributed by atoms with E-state index in [4.69, 9.17) is 15.0 Å². The van der Waals surface area contributed by atoms with Gasteiger partial charge in [0.2, 0.25) is 0 Å². The molecule has 0 fully saturated rings. The van der Waals surface area contributed by atoms with Gasteiger partial charge in [-0.1, -0.05) is 84.9 Å². The van der Waals surface area contributed by atoms with E-state index < -0.39 is 0 Å². The molecule has 5 heteroatoms. The highest BCUT2D eigenvalue weighted by molar-refractivity contribution is 6.11. The van der Waals surface area contributed by atoms with Gasteiger partial charge in [-0.2, -0.15) is 0 Å². The minimum absolute atomic E-state index is 0.706. The summed E-state index contributed by atoms with van der Waals surface area (Å²) in [5.41, 5.74) is 15.2. The van der Waals surface area contributed by atoms with E-state index in [-0.39, 0.29) is 0 Å². The first kappa shape index (κ1) is 28.0. The molecular weight excluding hydrogens is 623 g/mol. The van der Waals surface area contributed by atoms with Gasteiger partial charge in [0.25, 0.3) is 0 Å². The molecule has 4 heterocycles. The molecule has 0 radical (unpaired) electrons. The molecule has 1 aliphatic carbocycles. The van der Waals surface area contributed by atoms with Gasteiger partial charge in [0.1, 0.15) is 5.69 Å². The van der Waals surface area contributed by atoms with E-state index in [9.17, 15) is 0 Å². The lowest BCUT2D eigenvalue weighted by atomic mass is 10.0. The fraction of sp³-hybridized carbons (Fsp3) is 0.0217. The SMILES string of the molecule is c1ccc(-n2c3ccccc3c3cc(-c4cnc5c(c4)Cc4nc(-c6ccc7c(c6)c6ccccc6n7-c6ccccc6)cnc4-5)ccc32)cc1. The fourth-order valence-corrected chi connectivity index (χ4v) is 8.08. The molecule has 0 saturated carbocycles. The third-order valence-electron chi connectivity index (χ3n) is 10.4. The van der Waals surface area contributed by atoms with Crippen molar-refractivity contribution in [1.82, 2.24) is 24.1 Å². The van der Waals surface area contributed by atoms with Gasteiger partial charge in [0, 0.05) is 56.7 Å². The van der Waals surface area contributed by atoms with Crippen molar-refractivity contribution in [3.8, 4) is 45.1 Å². The fourth-order valence-electron chi connectivity index (χ4n) is 8.08. The minimum Gasteiger partial charge on any atom is -0.309 e. The molecule has 0 amide bonds. The Balaban J connectivity index is 0.959. The van der Waals surface area contributed by atoms with Gasteiger partial charge in [-0.3, -0.25) is 9.97 Å². The summed E-state index contributed by atoms with van der Waals surface area (Å²) in [5.74, 6) is 0. The van der Waals surface area contributed by atoms with Crippen LogP contribution in [0.15, 0.2) is 164 Å². The second-order valence-corrected chi connectivity index (χ2v) is 13.3. The maximum absolute atomic E-state index is 5.19. The number of fused-ring (bicyclic) bond motifs is 9. The van der Waals surface area contributed by atoms with Crippen LogP contribution in [-0.2, 0) is 6.42 Å². The Bertz CT molecular complexity index is 2790. The largest absolute Gasteiger partial charge is 0.309 e. The Labute approximate surface area is 293 Å². The van der Waals surface area contributed by atoms with Crippen LogP contribution in [0.3, 0.4) is 0 Å². The van der Waals surface area contributed by atoms with Crippen molar-refractivity contribution >= 4 is 43.6 Å². The molecule has 6 aromatic carbocycles. The van der Waals surface area contributed by atoms with Crippen molar-refractivity contribution < 1.29 is 0 Å². The monoisotopic (exact) mass is 651 g/mol. The maximum atomic E-state index is 5.19. The molecule has 0 spiro atoms. The summed E-state index contributed by atoms with van der Waals surface area (Å²) in [6, 6.07) is 54.1. The highest BCUT2D eigenvalue weighted by atomic mass is 15.0. The van der Waals surface area contributed by atoms with Crippen molar-refractivity contribution in [2.75, 3.05) is 0 Å². The number of aromatic nitrogens is 5. The van der Waals surface area contributed by atoms with Crippen LogP contribution in [0.4, 0.5) is 0 Å². The third kappa shape index (κ3) is 4.25. The maximum Gasteiger partial charge on any atom is 0.111 e. The first-order chi connectivity index (χ1) is 25.3. The number of pyridine rings is 1. The number of rotatable bonds is 4. The zero-order chi connectivity index (χ0) is 33.5.